The summed E-state index contributed by atoms with van der Waals surface area (Å²) in [7, 11) is 0. The molecule has 8 heteroatoms. The molecule has 3 aliphatic heterocycles. The first-order chi connectivity index (χ1) is 18.4. The largest absolute Gasteiger partial charge is 0.489 e. The average Bonchev–Trinajstić information content (AvgIpc) is 3.35. The quantitative estimate of drug-likeness (QED) is 0.626. The van der Waals surface area contributed by atoms with Crippen molar-refractivity contribution in [3.63, 3.8) is 0 Å². The highest BCUT2D eigenvalue weighted by Gasteiger charge is 2.34. The smallest absolute Gasteiger partial charge is 0.236 e. The van der Waals surface area contributed by atoms with Crippen molar-refractivity contribution in [2.45, 2.75) is 38.5 Å². The van der Waals surface area contributed by atoms with Crippen molar-refractivity contribution >= 4 is 11.8 Å². The van der Waals surface area contributed by atoms with Crippen LogP contribution in [-0.4, -0.2) is 77.1 Å². The van der Waals surface area contributed by atoms with E-state index >= 15 is 0 Å². The van der Waals surface area contributed by atoms with Gasteiger partial charge in [0.2, 0.25) is 11.8 Å². The summed E-state index contributed by atoms with van der Waals surface area (Å²) in [5.74, 6) is 0.807. The first-order valence-electron chi connectivity index (χ1n) is 13.5. The molecule has 5 rings (SSSR count). The molecule has 2 saturated heterocycles. The summed E-state index contributed by atoms with van der Waals surface area (Å²) in [4.78, 5) is 32.2. The minimum absolute atomic E-state index is 0.0503. The van der Waals surface area contributed by atoms with Crippen LogP contribution in [-0.2, 0) is 22.7 Å². The van der Waals surface area contributed by atoms with Gasteiger partial charge in [-0.2, -0.15) is 0 Å². The van der Waals surface area contributed by atoms with E-state index in [9.17, 15) is 19.1 Å². The third-order valence-corrected chi connectivity index (χ3v) is 7.88. The van der Waals surface area contributed by atoms with Gasteiger partial charge < -0.3 is 19.6 Å². The van der Waals surface area contributed by atoms with Crippen LogP contribution in [0.25, 0.3) is 0 Å². The van der Waals surface area contributed by atoms with Crippen LogP contribution in [0.15, 0.2) is 60.7 Å². The molecule has 3 heterocycles. The number of ether oxygens (including phenoxy) is 1. The summed E-state index contributed by atoms with van der Waals surface area (Å²) >= 11 is 0. The third kappa shape index (κ3) is 6.60. The molecular formula is C30H36FN3O4. The zero-order valence-electron chi connectivity index (χ0n) is 21.7. The summed E-state index contributed by atoms with van der Waals surface area (Å²) in [5, 5.41) is 9.84. The van der Waals surface area contributed by atoms with Crippen LogP contribution in [0.3, 0.4) is 0 Å². The van der Waals surface area contributed by atoms with Crippen LogP contribution in [0, 0.1) is 17.7 Å². The van der Waals surface area contributed by atoms with Gasteiger partial charge in [-0.1, -0.05) is 42.5 Å². The van der Waals surface area contributed by atoms with Gasteiger partial charge in [0, 0.05) is 51.3 Å². The molecule has 38 heavy (non-hydrogen) atoms. The predicted molar refractivity (Wildman–Crippen MR) is 142 cm³/mol. The van der Waals surface area contributed by atoms with Gasteiger partial charge in [0.1, 0.15) is 18.2 Å². The number of β-amino-alcohol motifs (C(OH)–C–C–N with tert-alkyl or cyclic N) is 1. The maximum absolute atomic E-state index is 13.5. The SMILES string of the molecule is O=C(C[C@@H]1CCN2C[C@@H]1/C=C\COc1ccccc1CN(Cc1ccc(F)cc1)CC2=O)N1CC[C@@H](O)C1. The molecule has 3 atom stereocenters. The van der Waals surface area contributed by atoms with E-state index in [4.69, 9.17) is 4.74 Å². The number of amides is 2. The number of para-hydroxylation sites is 1. The molecule has 2 bridgehead atoms. The van der Waals surface area contributed by atoms with Gasteiger partial charge in [-0.15, -0.1) is 0 Å². The fourth-order valence-corrected chi connectivity index (χ4v) is 5.74. The monoisotopic (exact) mass is 521 g/mol. The predicted octanol–water partition coefficient (Wildman–Crippen LogP) is 3.22. The minimum Gasteiger partial charge on any atom is -0.489 e. The number of benzene rings is 2. The van der Waals surface area contributed by atoms with Gasteiger partial charge in [-0.3, -0.25) is 14.5 Å². The highest BCUT2D eigenvalue weighted by atomic mass is 19.1. The maximum atomic E-state index is 13.5. The lowest BCUT2D eigenvalue weighted by molar-refractivity contribution is -0.136. The van der Waals surface area contributed by atoms with Crippen molar-refractivity contribution in [3.05, 3.63) is 77.6 Å². The molecule has 2 amide bonds. The fraction of sp³-hybridized carbons (Fsp3) is 0.467. The van der Waals surface area contributed by atoms with Crippen LogP contribution in [0.2, 0.25) is 0 Å². The van der Waals surface area contributed by atoms with Crippen molar-refractivity contribution in [2.75, 3.05) is 39.3 Å². The van der Waals surface area contributed by atoms with E-state index in [1.54, 1.807) is 17.0 Å². The molecule has 0 saturated carbocycles. The highest BCUT2D eigenvalue weighted by Crippen LogP contribution is 2.30. The van der Waals surface area contributed by atoms with Crippen LogP contribution in [0.4, 0.5) is 4.39 Å². The number of aliphatic hydroxyl groups is 1. The zero-order valence-corrected chi connectivity index (χ0v) is 21.7. The van der Waals surface area contributed by atoms with Crippen molar-refractivity contribution in [1.82, 2.24) is 14.7 Å². The Morgan fingerprint density at radius 1 is 1.03 bits per heavy atom. The van der Waals surface area contributed by atoms with E-state index in [2.05, 4.69) is 11.0 Å². The van der Waals surface area contributed by atoms with Gasteiger partial charge >= 0.3 is 0 Å². The number of carbonyl (C=O) groups excluding carboxylic acids is 2. The van der Waals surface area contributed by atoms with Crippen molar-refractivity contribution < 1.29 is 23.8 Å². The van der Waals surface area contributed by atoms with Gasteiger partial charge in [-0.25, -0.2) is 4.39 Å². The number of likely N-dealkylation sites (tertiary alicyclic amines) is 1. The van der Waals surface area contributed by atoms with Crippen LogP contribution in [0.1, 0.15) is 30.4 Å². The van der Waals surface area contributed by atoms with Crippen molar-refractivity contribution in [2.24, 2.45) is 11.8 Å². The minimum atomic E-state index is -0.429. The molecule has 2 aromatic rings. The Kier molecular flexibility index (Phi) is 8.39. The number of nitrogens with zero attached hydrogens (tertiary/aromatic N) is 3. The summed E-state index contributed by atoms with van der Waals surface area (Å²) in [5.41, 5.74) is 1.93. The van der Waals surface area contributed by atoms with Gasteiger partial charge in [0.15, 0.2) is 0 Å². The van der Waals surface area contributed by atoms with Crippen molar-refractivity contribution in [3.8, 4) is 5.75 Å². The van der Waals surface area contributed by atoms with Gasteiger partial charge in [0.05, 0.1) is 12.6 Å². The van der Waals surface area contributed by atoms with E-state index in [0.29, 0.717) is 58.7 Å². The molecule has 2 aromatic carbocycles. The first-order valence-corrected chi connectivity index (χ1v) is 13.5. The number of carbonyl (C=O) groups is 2. The number of piperidine rings is 1. The third-order valence-electron chi connectivity index (χ3n) is 7.88. The van der Waals surface area contributed by atoms with E-state index in [-0.39, 0.29) is 36.0 Å². The van der Waals surface area contributed by atoms with Crippen molar-refractivity contribution in [1.29, 1.82) is 0 Å². The van der Waals surface area contributed by atoms with Crippen LogP contribution >= 0.6 is 0 Å². The Balaban J connectivity index is 1.34. The molecule has 2 fully saturated rings. The van der Waals surface area contributed by atoms with E-state index in [0.717, 1.165) is 23.3 Å². The average molecular weight is 522 g/mol. The molecule has 0 radical (unpaired) electrons. The maximum Gasteiger partial charge on any atom is 0.236 e. The standard InChI is InChI=1S/C30H36FN3O4/c31-26-9-7-22(8-10-26)17-32-18-25-4-1-2-6-28(25)38-15-3-5-24-19-33(30(37)21-32)13-11-23(24)16-29(36)34-14-12-27(35)20-34/h1-10,23-24,27,35H,11-21H2/b5-3-/t23-,24-,27+/m0/s1. The number of aliphatic hydroxyl groups excluding tert-OH is 1. The molecule has 3 aliphatic rings. The molecule has 0 spiro atoms. The molecule has 0 unspecified atom stereocenters. The van der Waals surface area contributed by atoms with Crippen LogP contribution in [0.5, 0.6) is 5.75 Å². The Labute approximate surface area is 223 Å². The fourth-order valence-electron chi connectivity index (χ4n) is 5.74. The van der Waals surface area contributed by atoms with E-state index < -0.39 is 6.10 Å². The lowest BCUT2D eigenvalue weighted by atomic mass is 9.82. The molecule has 202 valence electrons. The second-order valence-corrected chi connectivity index (χ2v) is 10.7. The second kappa shape index (κ2) is 12.1. The number of rotatable bonds is 4. The summed E-state index contributed by atoms with van der Waals surface area (Å²) < 4.78 is 19.6. The first kappa shape index (κ1) is 26.4. The molecular weight excluding hydrogens is 485 g/mol. The topological polar surface area (TPSA) is 73.3 Å². The summed E-state index contributed by atoms with van der Waals surface area (Å²) in [6, 6.07) is 14.2. The Bertz CT molecular complexity index is 1150. The normalized spacial score (nSPS) is 25.5. The zero-order chi connectivity index (χ0) is 26.5. The Hall–Kier alpha value is -3.23. The molecule has 0 aromatic heterocycles. The summed E-state index contributed by atoms with van der Waals surface area (Å²) in [6.07, 6.45) is 5.48. The number of hydrogen-bond acceptors (Lipinski definition) is 5. The number of fused-ring (bicyclic) bond motifs is 3. The molecule has 1 N–H and O–H groups in total. The number of halogens is 1. The van der Waals surface area contributed by atoms with Gasteiger partial charge in [0.25, 0.3) is 0 Å². The lowest BCUT2D eigenvalue weighted by Gasteiger charge is -2.38. The van der Waals surface area contributed by atoms with E-state index in [1.165, 1.54) is 12.1 Å². The lowest BCUT2D eigenvalue weighted by Crippen LogP contribution is -2.47. The molecule has 0 aliphatic carbocycles. The van der Waals surface area contributed by atoms with Crippen LogP contribution < -0.4 is 4.74 Å². The second-order valence-electron chi connectivity index (χ2n) is 10.7. The van der Waals surface area contributed by atoms with Gasteiger partial charge in [-0.05, 0) is 48.4 Å². The molecule has 7 nitrogen and oxygen atoms in total. The summed E-state index contributed by atoms with van der Waals surface area (Å²) in [6.45, 7) is 3.86. The highest BCUT2D eigenvalue weighted by molar-refractivity contribution is 5.79. The Morgan fingerprint density at radius 3 is 2.63 bits per heavy atom. The van der Waals surface area contributed by atoms with E-state index in [1.807, 2.05) is 35.2 Å². The Morgan fingerprint density at radius 2 is 1.84 bits per heavy atom. The number of hydrogen-bond donors (Lipinski definition) is 1.